The Labute approximate surface area is 109 Å². The molecule has 0 fully saturated rings. The number of benzene rings is 1. The monoisotopic (exact) mass is 275 g/mol. The Hall–Kier alpha value is -1.26. The lowest BCUT2D eigenvalue weighted by atomic mass is 10.3. The Balaban J connectivity index is 2.93. The number of methoxy groups -OCH3 is 1. The van der Waals surface area contributed by atoms with Crippen molar-refractivity contribution in [2.45, 2.75) is 0 Å². The highest BCUT2D eigenvalue weighted by atomic mass is 35.5. The highest BCUT2D eigenvalue weighted by molar-refractivity contribution is 6.31. The van der Waals surface area contributed by atoms with Crippen molar-refractivity contribution < 1.29 is 14.3 Å². The number of carbonyl (C=O) groups is 2. The van der Waals surface area contributed by atoms with Crippen LogP contribution in [0.15, 0.2) is 24.3 Å². The number of ether oxygens (including phenoxy) is 1. The van der Waals surface area contributed by atoms with Gasteiger partial charge in [-0.1, -0.05) is 11.6 Å². The minimum atomic E-state index is -0.515. The highest BCUT2D eigenvalue weighted by Crippen LogP contribution is 2.18. The van der Waals surface area contributed by atoms with Crippen LogP contribution < -0.4 is 4.90 Å². The van der Waals surface area contributed by atoms with Crippen LogP contribution in [0.2, 0.25) is 5.02 Å². The molecule has 0 aliphatic rings. The van der Waals surface area contributed by atoms with Crippen LogP contribution in [0, 0.1) is 0 Å². The second-order valence-corrected chi connectivity index (χ2v) is 3.87. The molecule has 0 atom stereocenters. The average Bonchev–Trinajstić information content (AvgIpc) is 2.36. The normalized spacial score (nSPS) is 9.82. The molecule has 0 N–H and O–H groups in total. The number of hydrogen-bond donors (Lipinski definition) is 0. The molecule has 1 aromatic carbocycles. The summed E-state index contributed by atoms with van der Waals surface area (Å²) < 4.78 is 4.52. The van der Waals surface area contributed by atoms with Crippen LogP contribution in [-0.4, -0.2) is 31.4 Å². The van der Waals surface area contributed by atoms with Crippen LogP contribution in [0.25, 0.3) is 0 Å². The summed E-state index contributed by atoms with van der Waals surface area (Å²) in [7, 11) is 1.26. The van der Waals surface area contributed by atoms with E-state index in [0.29, 0.717) is 10.7 Å². The van der Waals surface area contributed by atoms with E-state index < -0.39 is 5.97 Å². The summed E-state index contributed by atoms with van der Waals surface area (Å²) in [4.78, 5) is 24.0. The quantitative estimate of drug-likeness (QED) is 0.625. The van der Waals surface area contributed by atoms with Crippen molar-refractivity contribution in [2.24, 2.45) is 0 Å². The van der Waals surface area contributed by atoms with Crippen molar-refractivity contribution in [3.63, 3.8) is 0 Å². The van der Waals surface area contributed by atoms with Gasteiger partial charge in [-0.25, -0.2) is 0 Å². The zero-order chi connectivity index (χ0) is 12.8. The summed E-state index contributed by atoms with van der Waals surface area (Å²) in [5.74, 6) is -1.10. The van der Waals surface area contributed by atoms with Crippen LogP contribution in [0.1, 0.15) is 0 Å². The van der Waals surface area contributed by atoms with Crippen molar-refractivity contribution in [3.8, 4) is 0 Å². The minimum Gasteiger partial charge on any atom is -0.468 e. The summed E-state index contributed by atoms with van der Waals surface area (Å²) in [6, 6.07) is 6.52. The van der Waals surface area contributed by atoms with E-state index >= 15 is 0 Å². The summed E-state index contributed by atoms with van der Waals surface area (Å²) in [6.07, 6.45) is 0. The molecule has 0 aliphatic heterocycles. The Morgan fingerprint density at radius 1 is 1.29 bits per heavy atom. The van der Waals surface area contributed by atoms with Crippen LogP contribution in [-0.2, 0) is 14.3 Å². The second kappa shape index (κ2) is 6.47. The summed E-state index contributed by atoms with van der Waals surface area (Å²) in [5.41, 5.74) is 0.547. The van der Waals surface area contributed by atoms with E-state index in [0.717, 1.165) is 0 Å². The van der Waals surface area contributed by atoms with E-state index in [-0.39, 0.29) is 18.3 Å². The number of hydrogen-bond acceptors (Lipinski definition) is 3. The predicted octanol–water partition coefficient (Wildman–Crippen LogP) is 2.08. The lowest BCUT2D eigenvalue weighted by molar-refractivity contribution is -0.139. The molecule has 1 aromatic rings. The van der Waals surface area contributed by atoms with Crippen molar-refractivity contribution in [1.29, 1.82) is 0 Å². The molecule has 0 radical (unpaired) electrons. The molecule has 0 aromatic heterocycles. The molecule has 0 aliphatic carbocycles. The summed E-state index contributed by atoms with van der Waals surface area (Å²) >= 11 is 11.2. The lowest BCUT2D eigenvalue weighted by Gasteiger charge is -2.20. The summed E-state index contributed by atoms with van der Waals surface area (Å²) in [6.45, 7) is -0.177. The van der Waals surface area contributed by atoms with Crippen LogP contribution in [0.5, 0.6) is 0 Å². The van der Waals surface area contributed by atoms with Gasteiger partial charge in [0.15, 0.2) is 0 Å². The third-order valence-corrected chi connectivity index (χ3v) is 2.55. The third kappa shape index (κ3) is 3.91. The largest absolute Gasteiger partial charge is 0.468 e. The van der Waals surface area contributed by atoms with Gasteiger partial charge < -0.3 is 9.64 Å². The first-order valence-corrected chi connectivity index (χ1v) is 5.68. The molecule has 0 unspecified atom stereocenters. The Kier molecular flexibility index (Phi) is 5.25. The zero-order valence-electron chi connectivity index (χ0n) is 9.15. The van der Waals surface area contributed by atoms with E-state index in [1.54, 1.807) is 24.3 Å². The number of carbonyl (C=O) groups excluding carboxylic acids is 2. The molecule has 6 heteroatoms. The van der Waals surface area contributed by atoms with E-state index in [4.69, 9.17) is 23.2 Å². The molecule has 0 heterocycles. The van der Waals surface area contributed by atoms with Gasteiger partial charge in [0, 0.05) is 10.7 Å². The maximum absolute atomic E-state index is 11.6. The molecular weight excluding hydrogens is 265 g/mol. The Morgan fingerprint density at radius 2 is 1.88 bits per heavy atom. The molecule has 1 amide bonds. The van der Waals surface area contributed by atoms with Gasteiger partial charge in [-0.05, 0) is 24.3 Å². The number of rotatable bonds is 4. The zero-order valence-corrected chi connectivity index (χ0v) is 10.7. The molecular formula is C11H11Cl2NO3. The topological polar surface area (TPSA) is 46.6 Å². The van der Waals surface area contributed by atoms with Crippen molar-refractivity contribution in [2.75, 3.05) is 24.4 Å². The first kappa shape index (κ1) is 13.8. The molecule has 17 heavy (non-hydrogen) atoms. The number of nitrogens with zero attached hydrogens (tertiary/aromatic N) is 1. The maximum Gasteiger partial charge on any atom is 0.325 e. The first-order chi connectivity index (χ1) is 8.08. The van der Waals surface area contributed by atoms with Crippen molar-refractivity contribution in [1.82, 2.24) is 0 Å². The lowest BCUT2D eigenvalue weighted by Crippen LogP contribution is -2.37. The van der Waals surface area contributed by atoms with Crippen molar-refractivity contribution >= 4 is 40.8 Å². The fourth-order valence-corrected chi connectivity index (χ4v) is 1.48. The summed E-state index contributed by atoms with van der Waals surface area (Å²) in [5, 5.41) is 0.546. The van der Waals surface area contributed by atoms with E-state index in [9.17, 15) is 9.59 Å². The number of amides is 1. The Bertz CT molecular complexity index is 406. The minimum absolute atomic E-state index is 0.177. The molecule has 0 bridgehead atoms. The molecule has 4 nitrogen and oxygen atoms in total. The van der Waals surface area contributed by atoms with Gasteiger partial charge in [0.1, 0.15) is 12.4 Å². The maximum atomic E-state index is 11.6. The van der Waals surface area contributed by atoms with Gasteiger partial charge in [-0.15, -0.1) is 11.6 Å². The standard InChI is InChI=1S/C11H11Cl2NO3/c1-17-11(16)7-14(10(15)6-12)9-4-2-8(13)3-5-9/h2-5H,6-7H2,1H3. The molecule has 92 valence electrons. The van der Waals surface area contributed by atoms with Gasteiger partial charge in [0.25, 0.3) is 0 Å². The van der Waals surface area contributed by atoms with Crippen molar-refractivity contribution in [3.05, 3.63) is 29.3 Å². The van der Waals surface area contributed by atoms with E-state index in [1.165, 1.54) is 12.0 Å². The first-order valence-electron chi connectivity index (χ1n) is 4.77. The fourth-order valence-electron chi connectivity index (χ4n) is 1.21. The molecule has 0 saturated carbocycles. The second-order valence-electron chi connectivity index (χ2n) is 3.17. The molecule has 0 spiro atoms. The average molecular weight is 276 g/mol. The molecule has 1 rings (SSSR count). The van der Waals surface area contributed by atoms with Gasteiger partial charge in [-0.2, -0.15) is 0 Å². The SMILES string of the molecule is COC(=O)CN(C(=O)CCl)c1ccc(Cl)cc1. The van der Waals surface area contributed by atoms with Gasteiger partial charge in [-0.3, -0.25) is 9.59 Å². The van der Waals surface area contributed by atoms with Gasteiger partial charge >= 0.3 is 5.97 Å². The van der Waals surface area contributed by atoms with Gasteiger partial charge in [0.2, 0.25) is 5.91 Å². The highest BCUT2D eigenvalue weighted by Gasteiger charge is 2.18. The Morgan fingerprint density at radius 3 is 2.35 bits per heavy atom. The van der Waals surface area contributed by atoms with E-state index in [2.05, 4.69) is 4.74 Å². The van der Waals surface area contributed by atoms with E-state index in [1.807, 2.05) is 0 Å². The number of esters is 1. The fraction of sp³-hybridized carbons (Fsp3) is 0.273. The van der Waals surface area contributed by atoms with Crippen LogP contribution in [0.3, 0.4) is 0 Å². The number of alkyl halides is 1. The third-order valence-electron chi connectivity index (χ3n) is 2.07. The smallest absolute Gasteiger partial charge is 0.325 e. The number of halogens is 2. The van der Waals surface area contributed by atoms with Crippen LogP contribution >= 0.6 is 23.2 Å². The predicted molar refractivity (Wildman–Crippen MR) is 66.5 cm³/mol. The number of anilines is 1. The van der Waals surface area contributed by atoms with Crippen LogP contribution in [0.4, 0.5) is 5.69 Å². The van der Waals surface area contributed by atoms with Gasteiger partial charge in [0.05, 0.1) is 7.11 Å². The molecule has 0 saturated heterocycles.